The number of carbonyl (C=O) groups excluding carboxylic acids is 1. The van der Waals surface area contributed by atoms with Crippen LogP contribution in [-0.2, 0) is 6.54 Å². The Balaban J connectivity index is 0.00000288. The third-order valence-corrected chi connectivity index (χ3v) is 3.98. The highest BCUT2D eigenvalue weighted by molar-refractivity contribution is 14.0. The van der Waals surface area contributed by atoms with Crippen molar-refractivity contribution in [1.29, 1.82) is 0 Å². The van der Waals surface area contributed by atoms with Gasteiger partial charge in [0, 0.05) is 24.2 Å². The molecule has 1 amide bonds. The van der Waals surface area contributed by atoms with Gasteiger partial charge in [-0.05, 0) is 24.3 Å². The van der Waals surface area contributed by atoms with Gasteiger partial charge in [-0.2, -0.15) is 0 Å². The smallest absolute Gasteiger partial charge is 0.284 e. The Morgan fingerprint density at radius 1 is 1.21 bits per heavy atom. The van der Waals surface area contributed by atoms with Gasteiger partial charge in [-0.1, -0.05) is 18.2 Å². The molecule has 0 atom stereocenters. The highest BCUT2D eigenvalue weighted by Gasteiger charge is 2.07. The van der Waals surface area contributed by atoms with Crippen LogP contribution in [0.2, 0.25) is 0 Å². The lowest BCUT2D eigenvalue weighted by molar-refractivity contribution is 0.0972. The number of nitrogens with two attached hydrogens (primary N) is 1. The first-order chi connectivity index (χ1) is 11.2. The molecular formula is C16H21IN4O2S. The van der Waals surface area contributed by atoms with Gasteiger partial charge in [-0.3, -0.25) is 9.79 Å². The van der Waals surface area contributed by atoms with Gasteiger partial charge in [0.05, 0.1) is 6.54 Å². The molecule has 0 spiro atoms. The van der Waals surface area contributed by atoms with Crippen molar-refractivity contribution in [3.63, 3.8) is 0 Å². The van der Waals surface area contributed by atoms with E-state index in [2.05, 4.69) is 27.8 Å². The maximum absolute atomic E-state index is 11.0. The first-order valence-corrected chi connectivity index (χ1v) is 8.18. The summed E-state index contributed by atoms with van der Waals surface area (Å²) in [6, 6.07) is 13.5. The van der Waals surface area contributed by atoms with Gasteiger partial charge >= 0.3 is 0 Å². The van der Waals surface area contributed by atoms with Crippen LogP contribution >= 0.6 is 35.7 Å². The van der Waals surface area contributed by atoms with Crippen molar-refractivity contribution in [2.45, 2.75) is 11.4 Å². The number of guanidine groups is 1. The fraction of sp³-hybridized carbons (Fsp3) is 0.250. The van der Waals surface area contributed by atoms with Crippen LogP contribution < -0.4 is 16.4 Å². The fourth-order valence-corrected chi connectivity index (χ4v) is 2.64. The number of furan rings is 1. The summed E-state index contributed by atoms with van der Waals surface area (Å²) in [4.78, 5) is 16.4. The number of rotatable bonds is 7. The van der Waals surface area contributed by atoms with Gasteiger partial charge in [0.1, 0.15) is 5.76 Å². The lowest BCUT2D eigenvalue weighted by atomic mass is 10.4. The van der Waals surface area contributed by atoms with Gasteiger partial charge in [0.15, 0.2) is 11.7 Å². The third kappa shape index (κ3) is 6.83. The van der Waals surface area contributed by atoms with Crippen molar-refractivity contribution in [1.82, 2.24) is 10.6 Å². The molecule has 1 heterocycles. The van der Waals surface area contributed by atoms with Gasteiger partial charge in [-0.25, -0.2) is 0 Å². The number of hydrogen-bond donors (Lipinski definition) is 3. The Bertz CT molecular complexity index is 661. The minimum Gasteiger partial charge on any atom is -0.454 e. The number of nitrogens with one attached hydrogen (secondary N) is 2. The predicted molar refractivity (Wildman–Crippen MR) is 108 cm³/mol. The van der Waals surface area contributed by atoms with E-state index in [-0.39, 0.29) is 29.7 Å². The van der Waals surface area contributed by atoms with Crippen LogP contribution in [0.3, 0.4) is 0 Å². The minimum absolute atomic E-state index is 0. The van der Waals surface area contributed by atoms with E-state index in [1.165, 1.54) is 4.90 Å². The van der Waals surface area contributed by atoms with E-state index in [1.54, 1.807) is 30.9 Å². The maximum atomic E-state index is 11.0. The summed E-state index contributed by atoms with van der Waals surface area (Å²) in [6.07, 6.45) is 0. The number of benzene rings is 1. The van der Waals surface area contributed by atoms with Crippen molar-refractivity contribution in [2.75, 3.05) is 19.3 Å². The van der Waals surface area contributed by atoms with Gasteiger partial charge in [0.25, 0.3) is 5.91 Å². The second-order valence-electron chi connectivity index (χ2n) is 4.64. The maximum Gasteiger partial charge on any atom is 0.284 e. The third-order valence-electron chi connectivity index (χ3n) is 2.96. The summed E-state index contributed by atoms with van der Waals surface area (Å²) in [6.45, 7) is 1.21. The summed E-state index contributed by atoms with van der Waals surface area (Å²) in [7, 11) is 1.71. The molecule has 2 rings (SSSR count). The molecule has 0 aliphatic heterocycles. The zero-order chi connectivity index (χ0) is 16.5. The lowest BCUT2D eigenvalue weighted by Crippen LogP contribution is -2.37. The summed E-state index contributed by atoms with van der Waals surface area (Å²) < 4.78 is 5.30. The number of thioether (sulfide) groups is 1. The van der Waals surface area contributed by atoms with Crippen LogP contribution in [0.25, 0.3) is 0 Å². The molecule has 2 aromatic rings. The molecule has 8 heteroatoms. The van der Waals surface area contributed by atoms with E-state index in [0.717, 1.165) is 12.3 Å². The van der Waals surface area contributed by atoms with Crippen LogP contribution in [0.4, 0.5) is 0 Å². The number of nitrogens with zero attached hydrogens (tertiary/aromatic N) is 1. The van der Waals surface area contributed by atoms with Crippen molar-refractivity contribution in [2.24, 2.45) is 10.7 Å². The number of halogens is 1. The van der Waals surface area contributed by atoms with Crippen molar-refractivity contribution < 1.29 is 9.21 Å². The zero-order valence-corrected chi connectivity index (χ0v) is 16.5. The largest absolute Gasteiger partial charge is 0.454 e. The molecule has 0 radical (unpaired) electrons. The summed E-state index contributed by atoms with van der Waals surface area (Å²) in [5.41, 5.74) is 5.15. The van der Waals surface area contributed by atoms with E-state index in [4.69, 9.17) is 10.2 Å². The predicted octanol–water partition coefficient (Wildman–Crippen LogP) is 2.45. The summed E-state index contributed by atoms with van der Waals surface area (Å²) in [5, 5.41) is 6.34. The first kappa shape index (κ1) is 20.4. The first-order valence-electron chi connectivity index (χ1n) is 7.20. The van der Waals surface area contributed by atoms with E-state index in [1.807, 2.05) is 18.2 Å². The Kier molecular flexibility index (Phi) is 9.31. The highest BCUT2D eigenvalue weighted by atomic mass is 127. The molecule has 24 heavy (non-hydrogen) atoms. The fourth-order valence-electron chi connectivity index (χ4n) is 1.85. The Morgan fingerprint density at radius 3 is 2.58 bits per heavy atom. The van der Waals surface area contributed by atoms with Crippen LogP contribution in [0.1, 0.15) is 16.3 Å². The summed E-state index contributed by atoms with van der Waals surface area (Å²) >= 11 is 1.78. The normalized spacial score (nSPS) is 10.8. The molecule has 1 aromatic carbocycles. The number of amides is 1. The molecule has 1 aromatic heterocycles. The zero-order valence-electron chi connectivity index (χ0n) is 13.3. The molecule has 0 unspecified atom stereocenters. The SMILES string of the molecule is CN=C(NCCSc1ccccc1)NCc1ccc(C(N)=O)o1.I. The number of carbonyl (C=O) groups is 1. The molecule has 130 valence electrons. The minimum atomic E-state index is -0.573. The molecule has 0 aliphatic rings. The Morgan fingerprint density at radius 2 is 1.96 bits per heavy atom. The molecule has 0 aliphatic carbocycles. The van der Waals surface area contributed by atoms with Crippen molar-refractivity contribution >= 4 is 47.6 Å². The van der Waals surface area contributed by atoms with E-state index in [0.29, 0.717) is 18.3 Å². The molecule has 4 N–H and O–H groups in total. The van der Waals surface area contributed by atoms with Crippen LogP contribution in [0.5, 0.6) is 0 Å². The molecule has 6 nitrogen and oxygen atoms in total. The quantitative estimate of drug-likeness (QED) is 0.194. The Labute approximate surface area is 162 Å². The number of aliphatic imine (C=N–C) groups is 1. The van der Waals surface area contributed by atoms with E-state index in [9.17, 15) is 4.79 Å². The van der Waals surface area contributed by atoms with E-state index < -0.39 is 5.91 Å². The number of hydrogen-bond acceptors (Lipinski definition) is 4. The second kappa shape index (κ2) is 11.0. The van der Waals surface area contributed by atoms with Gasteiger partial charge in [-0.15, -0.1) is 35.7 Å². The van der Waals surface area contributed by atoms with Crippen LogP contribution in [0.15, 0.2) is 56.8 Å². The lowest BCUT2D eigenvalue weighted by Gasteiger charge is -2.10. The average molecular weight is 460 g/mol. The van der Waals surface area contributed by atoms with Gasteiger partial charge in [0.2, 0.25) is 0 Å². The van der Waals surface area contributed by atoms with Crippen LogP contribution in [0, 0.1) is 0 Å². The van der Waals surface area contributed by atoms with E-state index >= 15 is 0 Å². The van der Waals surface area contributed by atoms with Crippen molar-refractivity contribution in [3.05, 3.63) is 54.0 Å². The topological polar surface area (TPSA) is 92.6 Å². The monoisotopic (exact) mass is 460 g/mol. The highest BCUT2D eigenvalue weighted by Crippen LogP contribution is 2.15. The molecule has 0 fully saturated rings. The van der Waals surface area contributed by atoms with Crippen molar-refractivity contribution in [3.8, 4) is 0 Å². The molecule has 0 saturated heterocycles. The summed E-state index contributed by atoms with van der Waals surface area (Å²) in [5.74, 6) is 1.81. The molecular weight excluding hydrogens is 439 g/mol. The van der Waals surface area contributed by atoms with Gasteiger partial charge < -0.3 is 20.8 Å². The molecule has 0 bridgehead atoms. The average Bonchev–Trinajstić information content (AvgIpc) is 3.04. The standard InChI is InChI=1S/C16H20N4O2S.HI/c1-18-16(19-9-10-23-13-5-3-2-4-6-13)20-11-12-7-8-14(22-12)15(17)21;/h2-8H,9-11H2,1H3,(H2,17,21)(H2,18,19,20);1H. The van der Waals surface area contributed by atoms with Crippen LogP contribution in [-0.4, -0.2) is 31.2 Å². The molecule has 0 saturated carbocycles. The second-order valence-corrected chi connectivity index (χ2v) is 5.81. The number of primary amides is 1. The Hall–Kier alpha value is -1.68.